The highest BCUT2D eigenvalue weighted by atomic mass is 35.5. The van der Waals surface area contributed by atoms with Crippen LogP contribution in [0, 0.1) is 6.92 Å². The first-order valence-corrected chi connectivity index (χ1v) is 8.29. The van der Waals surface area contributed by atoms with Crippen molar-refractivity contribution in [2.45, 2.75) is 20.3 Å². The van der Waals surface area contributed by atoms with E-state index < -0.39 is 0 Å². The number of halogens is 1. The van der Waals surface area contributed by atoms with Gasteiger partial charge in [0.25, 0.3) is 0 Å². The van der Waals surface area contributed by atoms with Crippen molar-refractivity contribution in [2.75, 3.05) is 6.61 Å². The fraction of sp³-hybridized carbons (Fsp3) is 0.222. The number of carbonyl (C=O) groups excluding carboxylic acids is 1. The van der Waals surface area contributed by atoms with Gasteiger partial charge in [0.2, 0.25) is 0 Å². The monoisotopic (exact) mass is 356 g/mol. The quantitative estimate of drug-likeness (QED) is 0.461. The fourth-order valence-corrected chi connectivity index (χ4v) is 2.45. The maximum atomic E-state index is 11.8. The molecule has 0 unspecified atom stereocenters. The average molecular weight is 357 g/mol. The van der Waals surface area contributed by atoms with Gasteiger partial charge in [0, 0.05) is 6.20 Å². The zero-order valence-electron chi connectivity index (χ0n) is 13.9. The normalized spacial score (nSPS) is 11.3. The van der Waals surface area contributed by atoms with Crippen LogP contribution in [0.5, 0.6) is 0 Å². The van der Waals surface area contributed by atoms with Gasteiger partial charge < -0.3 is 4.74 Å². The number of hydrogen-bond acceptors (Lipinski definition) is 5. The zero-order valence-corrected chi connectivity index (χ0v) is 14.7. The number of pyridine rings is 1. The van der Waals surface area contributed by atoms with Crippen LogP contribution in [0.15, 0.2) is 52.8 Å². The highest BCUT2D eigenvalue weighted by Crippen LogP contribution is 2.25. The highest BCUT2D eigenvalue weighted by Gasteiger charge is 2.09. The van der Waals surface area contributed by atoms with Crippen molar-refractivity contribution in [3.63, 3.8) is 0 Å². The number of esters is 1. The molecule has 0 aliphatic carbocycles. The van der Waals surface area contributed by atoms with Gasteiger partial charge in [-0.3, -0.25) is 4.40 Å². The Bertz CT molecular complexity index is 932. The molecule has 25 heavy (non-hydrogen) atoms. The Hall–Kier alpha value is -2.73. The molecule has 0 atom stereocenters. The molecule has 0 saturated heterocycles. The van der Waals surface area contributed by atoms with Gasteiger partial charge in [0.15, 0.2) is 5.82 Å². The molecule has 3 rings (SSSR count). The predicted octanol–water partition coefficient (Wildman–Crippen LogP) is 5.28. The molecule has 128 valence electrons. The lowest BCUT2D eigenvalue weighted by atomic mass is 10.2. The van der Waals surface area contributed by atoms with E-state index in [4.69, 9.17) is 16.3 Å². The third-order valence-corrected chi connectivity index (χ3v) is 3.75. The van der Waals surface area contributed by atoms with Crippen LogP contribution in [0.2, 0.25) is 5.02 Å². The third-order valence-electron chi connectivity index (χ3n) is 3.53. The third kappa shape index (κ3) is 3.85. The fourth-order valence-electron chi connectivity index (χ4n) is 2.29. The Morgan fingerprint density at radius 3 is 2.68 bits per heavy atom. The minimum absolute atomic E-state index is 0.336. The van der Waals surface area contributed by atoms with Gasteiger partial charge in [0.05, 0.1) is 28.6 Å². The van der Waals surface area contributed by atoms with E-state index in [1.54, 1.807) is 40.9 Å². The van der Waals surface area contributed by atoms with Gasteiger partial charge in [-0.25, -0.2) is 9.78 Å². The van der Waals surface area contributed by atoms with Crippen LogP contribution < -0.4 is 0 Å². The van der Waals surface area contributed by atoms with Crippen LogP contribution in [0.1, 0.15) is 29.4 Å². The predicted molar refractivity (Wildman–Crippen MR) is 96.1 cm³/mol. The summed E-state index contributed by atoms with van der Waals surface area (Å²) >= 11 is 6.04. The second-order valence-corrected chi connectivity index (χ2v) is 5.92. The molecule has 6 nitrogen and oxygen atoms in total. The van der Waals surface area contributed by atoms with Gasteiger partial charge in [-0.2, -0.15) is 0 Å². The summed E-state index contributed by atoms with van der Waals surface area (Å²) in [7, 11) is 0. The largest absolute Gasteiger partial charge is 0.462 e. The van der Waals surface area contributed by atoms with Crippen LogP contribution in [-0.4, -0.2) is 22.0 Å². The Kier molecular flexibility index (Phi) is 5.09. The molecular weight excluding hydrogens is 340 g/mol. The highest BCUT2D eigenvalue weighted by molar-refractivity contribution is 6.30. The average Bonchev–Trinajstić information content (AvgIpc) is 2.93. The van der Waals surface area contributed by atoms with Crippen LogP contribution >= 0.6 is 11.6 Å². The van der Waals surface area contributed by atoms with E-state index in [1.165, 1.54) is 0 Å². The number of aryl methyl sites for hydroxylation is 1. The number of azo groups is 1. The Balaban J connectivity index is 1.82. The summed E-state index contributed by atoms with van der Waals surface area (Å²) in [5.41, 5.74) is 2.63. The van der Waals surface area contributed by atoms with E-state index in [-0.39, 0.29) is 5.97 Å². The van der Waals surface area contributed by atoms with Crippen molar-refractivity contribution < 1.29 is 9.53 Å². The molecule has 0 fully saturated rings. The number of nitrogens with zero attached hydrogens (tertiary/aromatic N) is 4. The van der Waals surface area contributed by atoms with Crippen LogP contribution in [0.4, 0.5) is 11.5 Å². The number of hydrogen-bond donors (Lipinski definition) is 0. The molecule has 0 aliphatic rings. The van der Waals surface area contributed by atoms with E-state index in [1.807, 2.05) is 19.9 Å². The maximum absolute atomic E-state index is 11.8. The number of fused-ring (bicyclic) bond motifs is 1. The van der Waals surface area contributed by atoms with E-state index in [0.717, 1.165) is 17.8 Å². The van der Waals surface area contributed by atoms with Crippen molar-refractivity contribution >= 4 is 34.7 Å². The molecule has 2 aromatic heterocycles. The molecular formula is C18H17ClN4O2. The van der Waals surface area contributed by atoms with E-state index in [2.05, 4.69) is 15.2 Å². The van der Waals surface area contributed by atoms with Gasteiger partial charge in [-0.1, -0.05) is 18.5 Å². The molecule has 2 heterocycles. The topological polar surface area (TPSA) is 68.3 Å². The van der Waals surface area contributed by atoms with Crippen molar-refractivity contribution in [1.82, 2.24) is 9.38 Å². The minimum atomic E-state index is -0.336. The number of benzene rings is 1. The van der Waals surface area contributed by atoms with Crippen LogP contribution in [0.25, 0.3) is 5.65 Å². The first-order chi connectivity index (χ1) is 12.1. The summed E-state index contributed by atoms with van der Waals surface area (Å²) in [4.78, 5) is 16.2. The van der Waals surface area contributed by atoms with Gasteiger partial charge in [0.1, 0.15) is 5.65 Å². The number of carbonyl (C=O) groups is 1. The van der Waals surface area contributed by atoms with Gasteiger partial charge in [-0.15, -0.1) is 10.2 Å². The van der Waals surface area contributed by atoms with Gasteiger partial charge >= 0.3 is 5.97 Å². The van der Waals surface area contributed by atoms with E-state index in [0.29, 0.717) is 28.7 Å². The number of imidazole rings is 1. The molecule has 7 heteroatoms. The number of ether oxygens (including phenoxy) is 1. The SMILES string of the molecule is CCCOC(=O)c1ccc(N=Nc2c(C)nc3ccc(Cl)cn23)cc1. The minimum Gasteiger partial charge on any atom is -0.462 e. The molecule has 3 aromatic rings. The first kappa shape index (κ1) is 17.1. The summed E-state index contributed by atoms with van der Waals surface area (Å²) in [5.74, 6) is 0.279. The number of aromatic nitrogens is 2. The van der Waals surface area contributed by atoms with E-state index >= 15 is 0 Å². The molecule has 0 saturated carbocycles. The Morgan fingerprint density at radius 1 is 1.20 bits per heavy atom. The molecule has 0 amide bonds. The Morgan fingerprint density at radius 2 is 1.96 bits per heavy atom. The molecule has 0 spiro atoms. The standard InChI is InChI=1S/C18H17ClN4O2/c1-3-10-25-18(24)13-4-7-15(8-5-13)21-22-17-12(2)20-16-9-6-14(19)11-23(16)17/h4-9,11H,3,10H2,1-2H3. The molecule has 1 aromatic carbocycles. The summed E-state index contributed by atoms with van der Waals surface area (Å²) in [5, 5.41) is 9.09. The molecule has 0 radical (unpaired) electrons. The molecule has 0 N–H and O–H groups in total. The molecule has 0 bridgehead atoms. The lowest BCUT2D eigenvalue weighted by Crippen LogP contribution is -2.05. The van der Waals surface area contributed by atoms with Crippen molar-refractivity contribution in [2.24, 2.45) is 10.2 Å². The van der Waals surface area contributed by atoms with Gasteiger partial charge in [-0.05, 0) is 49.7 Å². The van der Waals surface area contributed by atoms with E-state index in [9.17, 15) is 4.79 Å². The second-order valence-electron chi connectivity index (χ2n) is 5.48. The summed E-state index contributed by atoms with van der Waals surface area (Å²) < 4.78 is 6.88. The van der Waals surface area contributed by atoms with Crippen molar-refractivity contribution in [3.05, 3.63) is 58.9 Å². The van der Waals surface area contributed by atoms with Crippen molar-refractivity contribution in [3.8, 4) is 0 Å². The summed E-state index contributed by atoms with van der Waals surface area (Å²) in [6.45, 7) is 4.23. The number of rotatable bonds is 5. The van der Waals surface area contributed by atoms with Crippen LogP contribution in [-0.2, 0) is 4.74 Å². The molecule has 0 aliphatic heterocycles. The summed E-state index contributed by atoms with van der Waals surface area (Å²) in [6.07, 6.45) is 2.54. The lowest BCUT2D eigenvalue weighted by Gasteiger charge is -2.02. The summed E-state index contributed by atoms with van der Waals surface area (Å²) in [6, 6.07) is 10.4. The Labute approximate surface area is 150 Å². The smallest absolute Gasteiger partial charge is 0.338 e. The maximum Gasteiger partial charge on any atom is 0.338 e. The lowest BCUT2D eigenvalue weighted by molar-refractivity contribution is 0.0505. The van der Waals surface area contributed by atoms with Crippen LogP contribution in [0.3, 0.4) is 0 Å². The first-order valence-electron chi connectivity index (χ1n) is 7.91. The second kappa shape index (κ2) is 7.44. The van der Waals surface area contributed by atoms with Crippen molar-refractivity contribution in [1.29, 1.82) is 0 Å². The zero-order chi connectivity index (χ0) is 17.8.